The topological polar surface area (TPSA) is 66.5 Å². The van der Waals surface area contributed by atoms with Crippen LogP contribution in [0.4, 0.5) is 11.4 Å². The van der Waals surface area contributed by atoms with Crippen molar-refractivity contribution in [3.63, 3.8) is 0 Å². The van der Waals surface area contributed by atoms with Crippen molar-refractivity contribution in [2.45, 2.75) is 26.8 Å². The molecule has 5 nitrogen and oxygen atoms in total. The van der Waals surface area contributed by atoms with Crippen LogP contribution in [0.3, 0.4) is 0 Å². The maximum atomic E-state index is 12.5. The third-order valence-electron chi connectivity index (χ3n) is 3.70. The van der Waals surface area contributed by atoms with E-state index in [4.69, 9.17) is 0 Å². The van der Waals surface area contributed by atoms with Crippen LogP contribution in [0.2, 0.25) is 0 Å². The van der Waals surface area contributed by atoms with Crippen LogP contribution in [0.15, 0.2) is 48.5 Å². The van der Waals surface area contributed by atoms with E-state index >= 15 is 0 Å². The molecule has 2 aromatic rings. The van der Waals surface area contributed by atoms with Crippen molar-refractivity contribution in [1.82, 2.24) is 0 Å². The average molecular weight is 346 g/mol. The summed E-state index contributed by atoms with van der Waals surface area (Å²) in [6.45, 7) is 5.45. The summed E-state index contributed by atoms with van der Waals surface area (Å²) in [6, 6.07) is 13.5. The van der Waals surface area contributed by atoms with Gasteiger partial charge in [-0.25, -0.2) is 8.42 Å². The molecule has 0 saturated heterocycles. The van der Waals surface area contributed by atoms with Crippen LogP contribution >= 0.6 is 0 Å². The van der Waals surface area contributed by atoms with Gasteiger partial charge in [0.2, 0.25) is 15.9 Å². The number of hydrogen-bond acceptors (Lipinski definition) is 3. The largest absolute Gasteiger partial charge is 0.324 e. The first-order valence-corrected chi connectivity index (χ1v) is 9.47. The van der Waals surface area contributed by atoms with Crippen molar-refractivity contribution in [1.29, 1.82) is 0 Å². The number of anilines is 2. The highest BCUT2D eigenvalue weighted by Gasteiger charge is 2.29. The van der Waals surface area contributed by atoms with Crippen LogP contribution in [0, 0.1) is 13.8 Å². The molecule has 2 aromatic carbocycles. The molecule has 0 unspecified atom stereocenters. The summed E-state index contributed by atoms with van der Waals surface area (Å²) in [7, 11) is -3.60. The monoisotopic (exact) mass is 346 g/mol. The average Bonchev–Trinajstić information content (AvgIpc) is 2.50. The zero-order valence-electron chi connectivity index (χ0n) is 14.3. The predicted octanol–water partition coefficient (Wildman–Crippen LogP) is 3.10. The van der Waals surface area contributed by atoms with Gasteiger partial charge in [-0.15, -0.1) is 0 Å². The van der Waals surface area contributed by atoms with Gasteiger partial charge in [0.25, 0.3) is 0 Å². The van der Waals surface area contributed by atoms with Gasteiger partial charge in [0.05, 0.1) is 11.9 Å². The van der Waals surface area contributed by atoms with Crippen molar-refractivity contribution in [2.24, 2.45) is 0 Å². The first-order valence-electron chi connectivity index (χ1n) is 7.62. The molecule has 6 heteroatoms. The Kier molecular flexibility index (Phi) is 5.29. The number of benzene rings is 2. The quantitative estimate of drug-likeness (QED) is 0.905. The van der Waals surface area contributed by atoms with Crippen LogP contribution in [0.1, 0.15) is 18.1 Å². The molecule has 0 spiro atoms. The van der Waals surface area contributed by atoms with Gasteiger partial charge in [-0.1, -0.05) is 35.4 Å². The predicted molar refractivity (Wildman–Crippen MR) is 97.8 cm³/mol. The van der Waals surface area contributed by atoms with Crippen molar-refractivity contribution in [3.05, 3.63) is 59.7 Å². The van der Waals surface area contributed by atoms with Gasteiger partial charge in [0.15, 0.2) is 0 Å². The van der Waals surface area contributed by atoms with Gasteiger partial charge < -0.3 is 5.32 Å². The van der Waals surface area contributed by atoms with Gasteiger partial charge in [-0.05, 0) is 45.0 Å². The lowest BCUT2D eigenvalue weighted by atomic mass is 10.2. The second kappa shape index (κ2) is 7.05. The fraction of sp³-hybridized carbons (Fsp3) is 0.278. The summed E-state index contributed by atoms with van der Waals surface area (Å²) in [5.74, 6) is -0.384. The van der Waals surface area contributed by atoms with Crippen LogP contribution < -0.4 is 9.62 Å². The van der Waals surface area contributed by atoms with E-state index in [9.17, 15) is 13.2 Å². The molecule has 0 aromatic heterocycles. The van der Waals surface area contributed by atoms with Crippen molar-refractivity contribution < 1.29 is 13.2 Å². The highest BCUT2D eigenvalue weighted by Crippen LogP contribution is 2.22. The summed E-state index contributed by atoms with van der Waals surface area (Å²) in [6.07, 6.45) is 1.10. The molecule has 0 aliphatic heterocycles. The molecule has 128 valence electrons. The Balaban J connectivity index is 2.27. The van der Waals surface area contributed by atoms with E-state index in [-0.39, 0.29) is 5.91 Å². The van der Waals surface area contributed by atoms with E-state index in [0.717, 1.165) is 21.7 Å². The fourth-order valence-corrected chi connectivity index (χ4v) is 3.56. The lowest BCUT2D eigenvalue weighted by Crippen LogP contribution is -2.45. The van der Waals surface area contributed by atoms with Gasteiger partial charge in [0.1, 0.15) is 6.04 Å². The molecule has 24 heavy (non-hydrogen) atoms. The molecule has 0 heterocycles. The molecule has 0 aliphatic carbocycles. The Labute approximate surface area is 143 Å². The van der Waals surface area contributed by atoms with E-state index in [1.54, 1.807) is 31.2 Å². The number of carbonyl (C=O) groups is 1. The lowest BCUT2D eigenvalue weighted by molar-refractivity contribution is -0.116. The lowest BCUT2D eigenvalue weighted by Gasteiger charge is -2.28. The number of hydrogen-bond donors (Lipinski definition) is 1. The highest BCUT2D eigenvalue weighted by molar-refractivity contribution is 7.92. The van der Waals surface area contributed by atoms with Crippen molar-refractivity contribution in [2.75, 3.05) is 15.9 Å². The van der Waals surface area contributed by atoms with Crippen LogP contribution in [0.5, 0.6) is 0 Å². The molecular weight excluding hydrogens is 324 g/mol. The number of nitrogens with zero attached hydrogens (tertiary/aromatic N) is 1. The Morgan fingerprint density at radius 3 is 1.88 bits per heavy atom. The second-order valence-electron chi connectivity index (χ2n) is 5.93. The minimum atomic E-state index is -3.60. The van der Waals surface area contributed by atoms with Crippen LogP contribution in [-0.2, 0) is 14.8 Å². The van der Waals surface area contributed by atoms with Gasteiger partial charge in [0, 0.05) is 5.69 Å². The zero-order valence-corrected chi connectivity index (χ0v) is 15.1. The fourth-order valence-electron chi connectivity index (χ4n) is 2.38. The Bertz CT molecular complexity index is 812. The van der Waals surface area contributed by atoms with E-state index in [1.165, 1.54) is 0 Å². The van der Waals surface area contributed by atoms with E-state index in [2.05, 4.69) is 5.32 Å². The van der Waals surface area contributed by atoms with Crippen molar-refractivity contribution in [3.8, 4) is 0 Å². The SMILES string of the molecule is Cc1ccc(NC(=O)[C@H](C)N(c2ccc(C)cc2)S(C)(=O)=O)cc1. The van der Waals surface area contributed by atoms with Crippen molar-refractivity contribution >= 4 is 27.3 Å². The minimum absolute atomic E-state index is 0.384. The minimum Gasteiger partial charge on any atom is -0.324 e. The first-order chi connectivity index (χ1) is 11.2. The summed E-state index contributed by atoms with van der Waals surface area (Å²) < 4.78 is 25.5. The molecule has 1 atom stereocenters. The number of sulfonamides is 1. The molecule has 0 fully saturated rings. The third kappa shape index (κ3) is 4.35. The van der Waals surface area contributed by atoms with E-state index < -0.39 is 16.1 Å². The summed E-state index contributed by atoms with van der Waals surface area (Å²) in [5, 5.41) is 2.76. The molecule has 1 N–H and O–H groups in total. The smallest absolute Gasteiger partial charge is 0.247 e. The molecule has 0 radical (unpaired) electrons. The first kappa shape index (κ1) is 18.0. The number of amides is 1. The Hall–Kier alpha value is -2.34. The molecule has 2 rings (SSSR count). The number of rotatable bonds is 5. The van der Waals surface area contributed by atoms with E-state index in [0.29, 0.717) is 11.4 Å². The maximum Gasteiger partial charge on any atom is 0.247 e. The summed E-state index contributed by atoms with van der Waals surface area (Å²) in [4.78, 5) is 12.5. The maximum absolute atomic E-state index is 12.5. The van der Waals surface area contributed by atoms with Gasteiger partial charge in [-0.2, -0.15) is 0 Å². The third-order valence-corrected chi connectivity index (χ3v) is 4.94. The zero-order chi connectivity index (χ0) is 17.9. The van der Waals surface area contributed by atoms with Crippen LogP contribution in [0.25, 0.3) is 0 Å². The summed E-state index contributed by atoms with van der Waals surface area (Å²) in [5.41, 5.74) is 3.20. The van der Waals surface area contributed by atoms with Gasteiger partial charge in [-0.3, -0.25) is 9.10 Å². The van der Waals surface area contributed by atoms with E-state index in [1.807, 2.05) is 38.1 Å². The standard InChI is InChI=1S/C18H22N2O3S/c1-13-5-9-16(10-6-13)19-18(21)15(3)20(24(4,22)23)17-11-7-14(2)8-12-17/h5-12,15H,1-4H3,(H,19,21)/t15-/m0/s1. The van der Waals surface area contributed by atoms with Gasteiger partial charge >= 0.3 is 0 Å². The number of nitrogens with one attached hydrogen (secondary N) is 1. The molecule has 0 aliphatic rings. The Morgan fingerprint density at radius 1 is 0.958 bits per heavy atom. The Morgan fingerprint density at radius 2 is 1.42 bits per heavy atom. The normalized spacial score (nSPS) is 12.5. The number of aryl methyl sites for hydroxylation is 2. The molecule has 0 bridgehead atoms. The summed E-state index contributed by atoms with van der Waals surface area (Å²) >= 11 is 0. The molecule has 0 saturated carbocycles. The second-order valence-corrected chi connectivity index (χ2v) is 7.79. The number of carbonyl (C=O) groups excluding carboxylic acids is 1. The van der Waals surface area contributed by atoms with Crippen LogP contribution in [-0.4, -0.2) is 26.6 Å². The molecular formula is C18H22N2O3S. The molecule has 1 amide bonds. The highest BCUT2D eigenvalue weighted by atomic mass is 32.2.